The van der Waals surface area contributed by atoms with Crippen molar-refractivity contribution in [1.29, 1.82) is 0 Å². The highest BCUT2D eigenvalue weighted by Crippen LogP contribution is 2.37. The van der Waals surface area contributed by atoms with Gasteiger partial charge in [-0.3, -0.25) is 4.79 Å². The van der Waals surface area contributed by atoms with Crippen molar-refractivity contribution < 1.29 is 9.18 Å². The molecule has 0 heterocycles. The number of nitrogen functional groups attached to an aromatic ring is 1. The fraction of sp³-hybridized carbons (Fsp3) is 0.188. The van der Waals surface area contributed by atoms with Crippen LogP contribution in [-0.2, 0) is 6.42 Å². The number of halogens is 1. The van der Waals surface area contributed by atoms with E-state index in [0.29, 0.717) is 12.0 Å². The quantitative estimate of drug-likeness (QED) is 0.675. The van der Waals surface area contributed by atoms with Crippen molar-refractivity contribution in [1.82, 2.24) is 0 Å². The maximum absolute atomic E-state index is 13.3. The van der Waals surface area contributed by atoms with Crippen LogP contribution in [-0.4, -0.2) is 5.78 Å². The number of ketones is 1. The third-order valence-electron chi connectivity index (χ3n) is 3.72. The molecule has 0 aliphatic heterocycles. The highest BCUT2D eigenvalue weighted by atomic mass is 19.1. The third kappa shape index (κ3) is 2.12. The Bertz CT molecular complexity index is 651. The van der Waals surface area contributed by atoms with E-state index in [2.05, 4.69) is 12.1 Å². The average Bonchev–Trinajstić information content (AvgIpc) is 2.39. The third-order valence-corrected chi connectivity index (χ3v) is 3.72. The lowest BCUT2D eigenvalue weighted by Crippen LogP contribution is -2.20. The Balaban J connectivity index is 1.75. The van der Waals surface area contributed by atoms with Crippen LogP contribution in [0, 0.1) is 5.82 Å². The minimum absolute atomic E-state index is 0.0293. The second-order valence-corrected chi connectivity index (χ2v) is 4.96. The Morgan fingerprint density at radius 1 is 1.26 bits per heavy atom. The number of benzene rings is 2. The van der Waals surface area contributed by atoms with Crippen molar-refractivity contribution in [2.75, 3.05) is 5.73 Å². The van der Waals surface area contributed by atoms with Crippen molar-refractivity contribution in [3.05, 3.63) is 65.0 Å². The van der Waals surface area contributed by atoms with Crippen LogP contribution in [0.1, 0.15) is 33.8 Å². The summed E-state index contributed by atoms with van der Waals surface area (Å²) in [5.41, 5.74) is 8.43. The van der Waals surface area contributed by atoms with Crippen LogP contribution < -0.4 is 5.73 Å². The largest absolute Gasteiger partial charge is 0.396 e. The van der Waals surface area contributed by atoms with Gasteiger partial charge in [-0.2, -0.15) is 0 Å². The Labute approximate surface area is 111 Å². The zero-order valence-electron chi connectivity index (χ0n) is 10.4. The van der Waals surface area contributed by atoms with Crippen molar-refractivity contribution >= 4 is 11.5 Å². The van der Waals surface area contributed by atoms with E-state index in [1.807, 2.05) is 12.1 Å². The molecule has 0 radical (unpaired) electrons. The van der Waals surface area contributed by atoms with E-state index in [1.165, 1.54) is 23.3 Å². The molecular formula is C16H14FNO. The van der Waals surface area contributed by atoms with E-state index in [-0.39, 0.29) is 17.4 Å². The number of carbonyl (C=O) groups is 1. The number of rotatable bonds is 3. The minimum atomic E-state index is -0.528. The molecular weight excluding hydrogens is 241 g/mol. The van der Waals surface area contributed by atoms with Crippen LogP contribution in [0.5, 0.6) is 0 Å². The minimum Gasteiger partial charge on any atom is -0.396 e. The summed E-state index contributed by atoms with van der Waals surface area (Å²) in [5, 5.41) is 0. The lowest BCUT2D eigenvalue weighted by Gasteiger charge is -2.29. The molecule has 2 N–H and O–H groups in total. The van der Waals surface area contributed by atoms with Gasteiger partial charge < -0.3 is 5.73 Å². The van der Waals surface area contributed by atoms with Gasteiger partial charge in [0.25, 0.3) is 0 Å². The second kappa shape index (κ2) is 4.50. The molecule has 2 aromatic rings. The Morgan fingerprint density at radius 2 is 2.05 bits per heavy atom. The van der Waals surface area contributed by atoms with Crippen molar-refractivity contribution in [3.8, 4) is 0 Å². The first-order chi connectivity index (χ1) is 9.15. The predicted octanol–water partition coefficient (Wildman–Crippen LogP) is 3.32. The molecule has 0 saturated carbocycles. The molecule has 3 heteroatoms. The summed E-state index contributed by atoms with van der Waals surface area (Å²) < 4.78 is 13.3. The molecule has 0 spiro atoms. The molecule has 3 rings (SSSR count). The summed E-state index contributed by atoms with van der Waals surface area (Å²) in [6, 6.07) is 12.4. The monoisotopic (exact) mass is 255 g/mol. The summed E-state index contributed by atoms with van der Waals surface area (Å²) in [5.74, 6) is -0.289. The van der Waals surface area contributed by atoms with Crippen molar-refractivity contribution in [2.45, 2.75) is 18.8 Å². The molecule has 1 aliphatic rings. The zero-order chi connectivity index (χ0) is 13.4. The van der Waals surface area contributed by atoms with Crippen LogP contribution in [0.15, 0.2) is 42.5 Å². The normalized spacial score (nSPS) is 16.6. The molecule has 1 aliphatic carbocycles. The number of hydrogen-bond donors (Lipinski definition) is 1. The summed E-state index contributed by atoms with van der Waals surface area (Å²) in [6.07, 6.45) is 1.36. The number of fused-ring (bicyclic) bond motifs is 1. The molecule has 0 aromatic heterocycles. The summed E-state index contributed by atoms with van der Waals surface area (Å²) >= 11 is 0. The van der Waals surface area contributed by atoms with E-state index in [0.717, 1.165) is 6.42 Å². The SMILES string of the molecule is Nc1ccc(C(=O)CC2Cc3ccccc32)cc1F. The topological polar surface area (TPSA) is 43.1 Å². The molecule has 1 atom stereocenters. The number of anilines is 1. The molecule has 2 aromatic carbocycles. The predicted molar refractivity (Wildman–Crippen MR) is 72.6 cm³/mol. The first-order valence-electron chi connectivity index (χ1n) is 6.31. The van der Waals surface area contributed by atoms with Crippen LogP contribution in [0.4, 0.5) is 10.1 Å². The van der Waals surface area contributed by atoms with E-state index >= 15 is 0 Å². The van der Waals surface area contributed by atoms with Gasteiger partial charge in [0.1, 0.15) is 5.82 Å². The van der Waals surface area contributed by atoms with Gasteiger partial charge in [-0.15, -0.1) is 0 Å². The zero-order valence-corrected chi connectivity index (χ0v) is 10.4. The van der Waals surface area contributed by atoms with Crippen LogP contribution in [0.3, 0.4) is 0 Å². The Hall–Kier alpha value is -2.16. The number of nitrogens with two attached hydrogens (primary N) is 1. The van der Waals surface area contributed by atoms with Crippen LogP contribution >= 0.6 is 0 Å². The standard InChI is InChI=1S/C16H14FNO/c17-14-8-11(5-6-15(14)18)16(19)9-12-7-10-3-1-2-4-13(10)12/h1-6,8,12H,7,9,18H2. The molecule has 19 heavy (non-hydrogen) atoms. The lowest BCUT2D eigenvalue weighted by molar-refractivity contribution is 0.0970. The highest BCUT2D eigenvalue weighted by Gasteiger charge is 2.27. The molecule has 0 bridgehead atoms. The van der Waals surface area contributed by atoms with Crippen LogP contribution in [0.2, 0.25) is 0 Å². The molecule has 0 fully saturated rings. The Morgan fingerprint density at radius 3 is 2.79 bits per heavy atom. The van der Waals surface area contributed by atoms with E-state index in [4.69, 9.17) is 5.73 Å². The summed E-state index contributed by atoms with van der Waals surface area (Å²) in [6.45, 7) is 0. The van der Waals surface area contributed by atoms with E-state index < -0.39 is 5.82 Å². The molecule has 0 saturated heterocycles. The van der Waals surface area contributed by atoms with Gasteiger partial charge in [0.15, 0.2) is 5.78 Å². The summed E-state index contributed by atoms with van der Waals surface area (Å²) in [4.78, 5) is 12.1. The summed E-state index contributed by atoms with van der Waals surface area (Å²) in [7, 11) is 0. The van der Waals surface area contributed by atoms with Gasteiger partial charge >= 0.3 is 0 Å². The average molecular weight is 255 g/mol. The lowest BCUT2D eigenvalue weighted by atomic mass is 9.74. The van der Waals surface area contributed by atoms with E-state index in [9.17, 15) is 9.18 Å². The highest BCUT2D eigenvalue weighted by molar-refractivity contribution is 5.97. The maximum Gasteiger partial charge on any atom is 0.163 e. The fourth-order valence-electron chi connectivity index (χ4n) is 2.59. The van der Waals surface area contributed by atoms with Gasteiger partial charge in [0.05, 0.1) is 5.69 Å². The first-order valence-corrected chi connectivity index (χ1v) is 6.31. The van der Waals surface area contributed by atoms with Crippen molar-refractivity contribution in [3.63, 3.8) is 0 Å². The van der Waals surface area contributed by atoms with E-state index in [1.54, 1.807) is 6.07 Å². The van der Waals surface area contributed by atoms with Gasteiger partial charge in [0.2, 0.25) is 0 Å². The smallest absolute Gasteiger partial charge is 0.163 e. The molecule has 96 valence electrons. The van der Waals surface area contributed by atoms with Gasteiger partial charge in [-0.05, 0) is 41.7 Å². The number of hydrogen-bond acceptors (Lipinski definition) is 2. The number of Topliss-reactive ketones (excluding diaryl/α,β-unsaturated/α-hetero) is 1. The number of carbonyl (C=O) groups excluding carboxylic acids is 1. The fourth-order valence-corrected chi connectivity index (χ4v) is 2.59. The van der Waals surface area contributed by atoms with Gasteiger partial charge in [-0.1, -0.05) is 24.3 Å². The van der Waals surface area contributed by atoms with Gasteiger partial charge in [0, 0.05) is 12.0 Å². The Kier molecular flexibility index (Phi) is 2.82. The van der Waals surface area contributed by atoms with Crippen molar-refractivity contribution in [2.24, 2.45) is 0 Å². The van der Waals surface area contributed by atoms with Gasteiger partial charge in [-0.25, -0.2) is 4.39 Å². The first kappa shape index (κ1) is 11.9. The van der Waals surface area contributed by atoms with Crippen LogP contribution in [0.25, 0.3) is 0 Å². The molecule has 2 nitrogen and oxygen atoms in total. The maximum atomic E-state index is 13.3. The second-order valence-electron chi connectivity index (χ2n) is 4.96. The molecule has 0 amide bonds. The molecule has 1 unspecified atom stereocenters.